The van der Waals surface area contributed by atoms with Gasteiger partial charge in [0, 0.05) is 29.0 Å². The molecule has 0 radical (unpaired) electrons. The molecule has 2 aromatic heterocycles. The van der Waals surface area contributed by atoms with Crippen LogP contribution in [-0.2, 0) is 11.3 Å². The summed E-state index contributed by atoms with van der Waals surface area (Å²) in [6.07, 6.45) is 2.37. The number of aromatic amines is 2. The molecule has 3 N–H and O–H groups in total. The first-order chi connectivity index (χ1) is 15.5. The average Bonchev–Trinajstić information content (AvgIpc) is 3.22. The topological polar surface area (TPSA) is 89.2 Å². The first-order valence-corrected chi connectivity index (χ1v) is 11.2. The van der Waals surface area contributed by atoms with Crippen molar-refractivity contribution in [1.29, 1.82) is 0 Å². The number of rotatable bonds is 5. The monoisotopic (exact) mass is 429 g/mol. The summed E-state index contributed by atoms with van der Waals surface area (Å²) in [5, 5.41) is 11.4. The number of benzene rings is 2. The Labute approximate surface area is 185 Å². The van der Waals surface area contributed by atoms with Gasteiger partial charge in [-0.05, 0) is 67.1 Å². The second kappa shape index (κ2) is 8.28. The van der Waals surface area contributed by atoms with Crippen LogP contribution < -0.4 is 5.56 Å². The van der Waals surface area contributed by atoms with Crippen molar-refractivity contribution in [2.45, 2.75) is 38.8 Å². The molecule has 1 aliphatic heterocycles. The summed E-state index contributed by atoms with van der Waals surface area (Å²) in [6, 6.07) is 18.4. The molecule has 3 heterocycles. The second-order valence-corrected chi connectivity index (χ2v) is 8.80. The lowest BCUT2D eigenvalue weighted by molar-refractivity contribution is -0.144. The third kappa shape index (κ3) is 3.82. The van der Waals surface area contributed by atoms with Gasteiger partial charge in [0.1, 0.15) is 0 Å². The number of pyridine rings is 1. The highest BCUT2D eigenvalue weighted by Gasteiger charge is 2.31. The largest absolute Gasteiger partial charge is 0.481 e. The van der Waals surface area contributed by atoms with Gasteiger partial charge >= 0.3 is 5.97 Å². The number of aliphatic carboxylic acids is 1. The molecule has 164 valence electrons. The van der Waals surface area contributed by atoms with Gasteiger partial charge in [0.2, 0.25) is 0 Å². The van der Waals surface area contributed by atoms with Gasteiger partial charge in [-0.2, -0.15) is 0 Å². The van der Waals surface area contributed by atoms with Crippen molar-refractivity contribution in [1.82, 2.24) is 14.9 Å². The van der Waals surface area contributed by atoms with Gasteiger partial charge in [0.25, 0.3) is 5.56 Å². The Morgan fingerprint density at radius 1 is 1.06 bits per heavy atom. The minimum absolute atomic E-state index is 0.109. The number of nitrogens with one attached hydrogen (secondary N) is 2. The molecule has 6 heteroatoms. The summed E-state index contributed by atoms with van der Waals surface area (Å²) >= 11 is 0. The predicted molar refractivity (Wildman–Crippen MR) is 127 cm³/mol. The van der Waals surface area contributed by atoms with Crippen molar-refractivity contribution in [2.24, 2.45) is 5.92 Å². The minimum atomic E-state index is -0.673. The van der Waals surface area contributed by atoms with Crippen LogP contribution in [0.15, 0.2) is 59.4 Å². The number of hydrogen-bond acceptors (Lipinski definition) is 3. The van der Waals surface area contributed by atoms with E-state index in [1.54, 1.807) is 0 Å². The summed E-state index contributed by atoms with van der Waals surface area (Å²) < 4.78 is 0. The van der Waals surface area contributed by atoms with Crippen LogP contribution in [0.1, 0.15) is 31.7 Å². The van der Waals surface area contributed by atoms with Crippen molar-refractivity contribution in [3.05, 3.63) is 70.5 Å². The fourth-order valence-corrected chi connectivity index (χ4v) is 4.96. The molecule has 0 bridgehead atoms. The minimum Gasteiger partial charge on any atom is -0.481 e. The third-order valence-corrected chi connectivity index (χ3v) is 6.77. The first kappa shape index (κ1) is 20.5. The van der Waals surface area contributed by atoms with Crippen molar-refractivity contribution in [3.63, 3.8) is 0 Å². The van der Waals surface area contributed by atoms with E-state index in [0.29, 0.717) is 24.4 Å². The second-order valence-electron chi connectivity index (χ2n) is 8.80. The van der Waals surface area contributed by atoms with Gasteiger partial charge in [0.15, 0.2) is 0 Å². The molecule has 2 atom stereocenters. The molecule has 5 rings (SSSR count). The maximum Gasteiger partial charge on any atom is 0.306 e. The number of H-pyrrole nitrogens is 2. The number of piperidine rings is 1. The zero-order valence-electron chi connectivity index (χ0n) is 18.1. The van der Waals surface area contributed by atoms with E-state index in [0.717, 1.165) is 47.0 Å². The summed E-state index contributed by atoms with van der Waals surface area (Å²) in [4.78, 5) is 32.8. The highest BCUT2D eigenvalue weighted by atomic mass is 16.4. The van der Waals surface area contributed by atoms with E-state index >= 15 is 0 Å². The fraction of sp³-hybridized carbons (Fsp3) is 0.308. The zero-order valence-corrected chi connectivity index (χ0v) is 18.1. The molecule has 1 aliphatic rings. The predicted octanol–water partition coefficient (Wildman–Crippen LogP) is 4.75. The molecule has 4 aromatic rings. The SMILES string of the molecule is CCC1CC(C(=O)O)CCN1Cc1ccc2[nH]c(-c3cc4ccccc4[nH]c3=O)cc2c1. The van der Waals surface area contributed by atoms with E-state index < -0.39 is 5.97 Å². The van der Waals surface area contributed by atoms with Crippen LogP contribution in [0, 0.1) is 5.92 Å². The van der Waals surface area contributed by atoms with Gasteiger partial charge in [-0.25, -0.2) is 0 Å². The Bertz CT molecular complexity index is 1350. The molecule has 2 aromatic carbocycles. The molecule has 6 nitrogen and oxygen atoms in total. The lowest BCUT2D eigenvalue weighted by Gasteiger charge is -2.38. The molecule has 32 heavy (non-hydrogen) atoms. The molecule has 0 saturated carbocycles. The Morgan fingerprint density at radius 3 is 2.69 bits per heavy atom. The highest BCUT2D eigenvalue weighted by Crippen LogP contribution is 2.29. The van der Waals surface area contributed by atoms with Crippen LogP contribution in [0.2, 0.25) is 0 Å². The lowest BCUT2D eigenvalue weighted by Crippen LogP contribution is -2.43. The van der Waals surface area contributed by atoms with Crippen molar-refractivity contribution >= 4 is 27.8 Å². The number of carboxylic acids is 1. The van der Waals surface area contributed by atoms with E-state index in [4.69, 9.17) is 0 Å². The number of carbonyl (C=O) groups is 1. The first-order valence-electron chi connectivity index (χ1n) is 11.2. The third-order valence-electron chi connectivity index (χ3n) is 6.77. The van der Waals surface area contributed by atoms with Crippen LogP contribution in [0.3, 0.4) is 0 Å². The Morgan fingerprint density at radius 2 is 1.88 bits per heavy atom. The number of carboxylic acid groups (broad SMARTS) is 1. The normalized spacial score (nSPS) is 19.5. The summed E-state index contributed by atoms with van der Waals surface area (Å²) in [6.45, 7) is 3.74. The van der Waals surface area contributed by atoms with Gasteiger partial charge in [-0.3, -0.25) is 14.5 Å². The van der Waals surface area contributed by atoms with Crippen molar-refractivity contribution in [3.8, 4) is 11.3 Å². The molecular weight excluding hydrogens is 402 g/mol. The van der Waals surface area contributed by atoms with Crippen molar-refractivity contribution < 1.29 is 9.90 Å². The Balaban J connectivity index is 1.42. The van der Waals surface area contributed by atoms with Gasteiger partial charge < -0.3 is 15.1 Å². The smallest absolute Gasteiger partial charge is 0.306 e. The number of aromatic nitrogens is 2. The van der Waals surface area contributed by atoms with E-state index in [1.165, 1.54) is 5.56 Å². The highest BCUT2D eigenvalue weighted by molar-refractivity contribution is 5.89. The van der Waals surface area contributed by atoms with Crippen LogP contribution in [0.4, 0.5) is 0 Å². The molecule has 1 saturated heterocycles. The summed E-state index contributed by atoms with van der Waals surface area (Å²) in [7, 11) is 0. The number of hydrogen-bond donors (Lipinski definition) is 3. The van der Waals surface area contributed by atoms with Crippen LogP contribution in [-0.4, -0.2) is 38.5 Å². The Kier molecular flexibility index (Phi) is 5.31. The maximum absolute atomic E-state index is 12.7. The number of nitrogens with zero attached hydrogens (tertiary/aromatic N) is 1. The number of fused-ring (bicyclic) bond motifs is 2. The molecule has 2 unspecified atom stereocenters. The van der Waals surface area contributed by atoms with E-state index in [-0.39, 0.29) is 11.5 Å². The van der Waals surface area contributed by atoms with Gasteiger partial charge in [-0.15, -0.1) is 0 Å². The number of likely N-dealkylation sites (tertiary alicyclic amines) is 1. The van der Waals surface area contributed by atoms with Crippen molar-refractivity contribution in [2.75, 3.05) is 6.54 Å². The van der Waals surface area contributed by atoms with E-state index in [1.807, 2.05) is 36.4 Å². The molecular formula is C26H27N3O3. The lowest BCUT2D eigenvalue weighted by atomic mass is 9.89. The number of para-hydroxylation sites is 1. The standard InChI is InChI=1S/C26H27N3O3/c1-2-20-12-18(26(31)32)9-10-29(20)15-16-7-8-23-19(11-16)14-24(27-23)21-13-17-5-3-4-6-22(17)28-25(21)30/h3-8,11,13-14,18,20,27H,2,9-10,12,15H2,1H3,(H,28,30)(H,31,32). The molecule has 0 amide bonds. The fourth-order valence-electron chi connectivity index (χ4n) is 4.96. The van der Waals surface area contributed by atoms with E-state index in [9.17, 15) is 14.7 Å². The molecule has 1 fully saturated rings. The Hall–Kier alpha value is -3.38. The van der Waals surface area contributed by atoms with E-state index in [2.05, 4.69) is 40.0 Å². The zero-order chi connectivity index (χ0) is 22.2. The van der Waals surface area contributed by atoms with Crippen LogP contribution in [0.25, 0.3) is 33.1 Å². The quantitative estimate of drug-likeness (QED) is 0.427. The molecule has 0 spiro atoms. The summed E-state index contributed by atoms with van der Waals surface area (Å²) in [5.41, 5.74) is 4.34. The average molecular weight is 430 g/mol. The summed E-state index contributed by atoms with van der Waals surface area (Å²) in [5.74, 6) is -0.904. The van der Waals surface area contributed by atoms with Crippen LogP contribution in [0.5, 0.6) is 0 Å². The van der Waals surface area contributed by atoms with Crippen LogP contribution >= 0.6 is 0 Å². The van der Waals surface area contributed by atoms with Gasteiger partial charge in [0.05, 0.1) is 17.2 Å². The maximum atomic E-state index is 12.7. The van der Waals surface area contributed by atoms with Gasteiger partial charge in [-0.1, -0.05) is 31.2 Å². The molecule has 0 aliphatic carbocycles.